The lowest BCUT2D eigenvalue weighted by atomic mass is 9.84. The van der Waals surface area contributed by atoms with Crippen LogP contribution < -0.4 is 5.73 Å². The van der Waals surface area contributed by atoms with Gasteiger partial charge in [0.05, 0.1) is 0 Å². The second kappa shape index (κ2) is 6.20. The lowest BCUT2D eigenvalue weighted by Crippen LogP contribution is -2.27. The third-order valence-corrected chi connectivity index (χ3v) is 3.98. The largest absolute Gasteiger partial charge is 0.327 e. The molecule has 17 heavy (non-hydrogen) atoms. The van der Waals surface area contributed by atoms with Gasteiger partial charge in [0.1, 0.15) is 0 Å². The van der Waals surface area contributed by atoms with Crippen LogP contribution in [-0.4, -0.2) is 6.04 Å². The molecule has 2 N–H and O–H groups in total. The highest BCUT2D eigenvalue weighted by Gasteiger charge is 2.16. The van der Waals surface area contributed by atoms with Gasteiger partial charge in [0, 0.05) is 6.04 Å². The number of benzene rings is 1. The molecule has 1 aromatic rings. The molecule has 1 aliphatic rings. The molecule has 0 saturated heterocycles. The van der Waals surface area contributed by atoms with Gasteiger partial charge in [0.15, 0.2) is 0 Å². The summed E-state index contributed by atoms with van der Waals surface area (Å²) in [5, 5.41) is 0. The molecule has 0 aromatic heterocycles. The van der Waals surface area contributed by atoms with Gasteiger partial charge in [-0.05, 0) is 31.2 Å². The maximum atomic E-state index is 6.27. The van der Waals surface area contributed by atoms with Crippen LogP contribution in [0.2, 0.25) is 0 Å². The molecule has 2 rings (SSSR count). The molecule has 94 valence electrons. The Labute approximate surface area is 105 Å². The van der Waals surface area contributed by atoms with E-state index in [0.29, 0.717) is 6.04 Å². The predicted molar refractivity (Wildman–Crippen MR) is 74.1 cm³/mol. The zero-order valence-electron chi connectivity index (χ0n) is 11.0. The molecule has 0 aliphatic heterocycles. The molecular formula is C16H25N. The molecule has 1 aromatic carbocycles. The number of hydrogen-bond acceptors (Lipinski definition) is 1. The van der Waals surface area contributed by atoms with Crippen molar-refractivity contribution in [3.63, 3.8) is 0 Å². The first-order valence-corrected chi connectivity index (χ1v) is 7.05. The van der Waals surface area contributed by atoms with E-state index < -0.39 is 0 Å². The van der Waals surface area contributed by atoms with Crippen molar-refractivity contribution in [3.8, 4) is 0 Å². The second-order valence-electron chi connectivity index (χ2n) is 5.69. The molecule has 0 heterocycles. The van der Waals surface area contributed by atoms with E-state index in [1.165, 1.54) is 49.7 Å². The van der Waals surface area contributed by atoms with Gasteiger partial charge in [0.2, 0.25) is 0 Å². The third-order valence-electron chi connectivity index (χ3n) is 3.98. The quantitative estimate of drug-likeness (QED) is 0.837. The Balaban J connectivity index is 1.79. The maximum Gasteiger partial charge on any atom is 0.00819 e. The smallest absolute Gasteiger partial charge is 0.00819 e. The number of hydrogen-bond donors (Lipinski definition) is 1. The van der Waals surface area contributed by atoms with E-state index in [1.807, 2.05) is 0 Å². The monoisotopic (exact) mass is 231 g/mol. The molecule has 1 saturated carbocycles. The van der Waals surface area contributed by atoms with Crippen LogP contribution in [0, 0.1) is 12.8 Å². The van der Waals surface area contributed by atoms with Crippen LogP contribution in [0.3, 0.4) is 0 Å². The first-order valence-electron chi connectivity index (χ1n) is 7.05. The van der Waals surface area contributed by atoms with Gasteiger partial charge in [-0.25, -0.2) is 0 Å². The highest BCUT2D eigenvalue weighted by atomic mass is 14.6. The Morgan fingerprint density at radius 1 is 1.12 bits per heavy atom. The minimum absolute atomic E-state index is 0.348. The van der Waals surface area contributed by atoms with Crippen molar-refractivity contribution in [1.82, 2.24) is 0 Å². The fourth-order valence-electron chi connectivity index (χ4n) is 2.96. The van der Waals surface area contributed by atoms with E-state index in [0.717, 1.165) is 12.3 Å². The Hall–Kier alpha value is -0.820. The molecule has 0 amide bonds. The fraction of sp³-hybridized carbons (Fsp3) is 0.625. The molecule has 1 aliphatic carbocycles. The van der Waals surface area contributed by atoms with E-state index in [1.54, 1.807) is 0 Å². The molecule has 1 atom stereocenters. The Morgan fingerprint density at radius 3 is 2.41 bits per heavy atom. The first kappa shape index (κ1) is 12.6. The summed E-state index contributed by atoms with van der Waals surface area (Å²) in [5.74, 6) is 0.893. The minimum atomic E-state index is 0.348. The molecular weight excluding hydrogens is 206 g/mol. The summed E-state index contributed by atoms with van der Waals surface area (Å²) in [6.45, 7) is 2.13. The number of rotatable bonds is 4. The SMILES string of the molecule is Cc1ccc(CC(N)CC2CCCCC2)cc1. The summed E-state index contributed by atoms with van der Waals surface area (Å²) < 4.78 is 0. The highest BCUT2D eigenvalue weighted by Crippen LogP contribution is 2.27. The van der Waals surface area contributed by atoms with E-state index in [9.17, 15) is 0 Å². The maximum absolute atomic E-state index is 6.27. The fourth-order valence-corrected chi connectivity index (χ4v) is 2.96. The molecule has 1 unspecified atom stereocenters. The average molecular weight is 231 g/mol. The van der Waals surface area contributed by atoms with Gasteiger partial charge < -0.3 is 5.73 Å². The normalized spacial score (nSPS) is 19.2. The minimum Gasteiger partial charge on any atom is -0.327 e. The molecule has 1 fully saturated rings. The van der Waals surface area contributed by atoms with E-state index in [4.69, 9.17) is 5.73 Å². The summed E-state index contributed by atoms with van der Waals surface area (Å²) >= 11 is 0. The van der Waals surface area contributed by atoms with Crippen LogP contribution >= 0.6 is 0 Å². The summed E-state index contributed by atoms with van der Waals surface area (Å²) in [5.41, 5.74) is 8.99. The van der Waals surface area contributed by atoms with Crippen LogP contribution in [0.25, 0.3) is 0 Å². The van der Waals surface area contributed by atoms with Crippen molar-refractivity contribution in [2.24, 2.45) is 11.7 Å². The lowest BCUT2D eigenvalue weighted by Gasteiger charge is -2.24. The van der Waals surface area contributed by atoms with Crippen molar-refractivity contribution >= 4 is 0 Å². The number of nitrogens with two attached hydrogens (primary N) is 1. The average Bonchev–Trinajstić information content (AvgIpc) is 2.33. The third kappa shape index (κ3) is 4.16. The summed E-state index contributed by atoms with van der Waals surface area (Å²) in [6.07, 6.45) is 9.33. The summed E-state index contributed by atoms with van der Waals surface area (Å²) in [4.78, 5) is 0. The Bertz CT molecular complexity index is 322. The van der Waals surface area contributed by atoms with Crippen LogP contribution in [0.4, 0.5) is 0 Å². The Morgan fingerprint density at radius 2 is 1.76 bits per heavy atom. The van der Waals surface area contributed by atoms with E-state index in [2.05, 4.69) is 31.2 Å². The van der Waals surface area contributed by atoms with Gasteiger partial charge >= 0.3 is 0 Å². The van der Waals surface area contributed by atoms with E-state index in [-0.39, 0.29) is 0 Å². The van der Waals surface area contributed by atoms with Crippen LogP contribution in [0.5, 0.6) is 0 Å². The van der Waals surface area contributed by atoms with Gasteiger partial charge in [-0.3, -0.25) is 0 Å². The highest BCUT2D eigenvalue weighted by molar-refractivity contribution is 5.21. The lowest BCUT2D eigenvalue weighted by molar-refractivity contribution is 0.317. The van der Waals surface area contributed by atoms with Crippen molar-refractivity contribution in [2.45, 2.75) is 57.9 Å². The predicted octanol–water partition coefficient (Wildman–Crippen LogP) is 3.84. The zero-order valence-corrected chi connectivity index (χ0v) is 11.0. The summed E-state index contributed by atoms with van der Waals surface area (Å²) in [6, 6.07) is 9.15. The van der Waals surface area contributed by atoms with Crippen LogP contribution in [0.1, 0.15) is 49.7 Å². The topological polar surface area (TPSA) is 26.0 Å². The van der Waals surface area contributed by atoms with Gasteiger partial charge in [-0.15, -0.1) is 0 Å². The standard InChI is InChI=1S/C16H25N/c1-13-7-9-15(10-8-13)12-16(17)11-14-5-3-2-4-6-14/h7-10,14,16H,2-6,11-12,17H2,1H3. The van der Waals surface area contributed by atoms with Gasteiger partial charge in [-0.1, -0.05) is 61.9 Å². The van der Waals surface area contributed by atoms with Crippen molar-refractivity contribution in [1.29, 1.82) is 0 Å². The summed E-state index contributed by atoms with van der Waals surface area (Å²) in [7, 11) is 0. The van der Waals surface area contributed by atoms with Crippen LogP contribution in [-0.2, 0) is 6.42 Å². The van der Waals surface area contributed by atoms with Gasteiger partial charge in [0.25, 0.3) is 0 Å². The molecule has 0 bridgehead atoms. The first-order chi connectivity index (χ1) is 8.24. The second-order valence-corrected chi connectivity index (χ2v) is 5.69. The zero-order chi connectivity index (χ0) is 12.1. The molecule has 0 radical (unpaired) electrons. The van der Waals surface area contributed by atoms with Crippen molar-refractivity contribution in [2.75, 3.05) is 0 Å². The molecule has 0 spiro atoms. The molecule has 1 heteroatoms. The van der Waals surface area contributed by atoms with Crippen LogP contribution in [0.15, 0.2) is 24.3 Å². The van der Waals surface area contributed by atoms with Gasteiger partial charge in [-0.2, -0.15) is 0 Å². The van der Waals surface area contributed by atoms with Crippen molar-refractivity contribution < 1.29 is 0 Å². The van der Waals surface area contributed by atoms with E-state index >= 15 is 0 Å². The van der Waals surface area contributed by atoms with Crippen molar-refractivity contribution in [3.05, 3.63) is 35.4 Å². The number of aryl methyl sites for hydroxylation is 1. The Kier molecular flexibility index (Phi) is 4.61. The molecule has 1 nitrogen and oxygen atoms in total.